The second-order valence-electron chi connectivity index (χ2n) is 1.57. The number of unbranched alkanes of at least 4 members (excludes halogenated alkanes) is 1. The first-order chi connectivity index (χ1) is 3.91. The molecule has 0 bridgehead atoms. The van der Waals surface area contributed by atoms with Crippen molar-refractivity contribution in [2.24, 2.45) is 0 Å². The normalized spacial score (nSPS) is 10.8. The van der Waals surface area contributed by atoms with E-state index in [1.54, 1.807) is 0 Å². The Labute approximate surface area is 56.4 Å². The van der Waals surface area contributed by atoms with Crippen molar-refractivity contribution in [2.45, 2.75) is 13.3 Å². The van der Waals surface area contributed by atoms with Crippen LogP contribution in [0.1, 0.15) is 13.3 Å². The molecular weight excluding hydrogens is 116 g/mol. The van der Waals surface area contributed by atoms with Crippen LogP contribution in [0.3, 0.4) is 0 Å². The lowest BCUT2D eigenvalue weighted by Crippen LogP contribution is -1.66. The molecule has 0 aliphatic carbocycles. The molecule has 0 saturated carbocycles. The number of hydrogen-bond acceptors (Lipinski definition) is 1. The molecule has 0 N–H and O–H groups in total. The van der Waals surface area contributed by atoms with Gasteiger partial charge in [0.25, 0.3) is 0 Å². The van der Waals surface area contributed by atoms with Crippen LogP contribution >= 0.6 is 11.8 Å². The zero-order valence-electron chi connectivity index (χ0n) is 5.55. The second-order valence-corrected chi connectivity index (χ2v) is 2.48. The van der Waals surface area contributed by atoms with E-state index in [-0.39, 0.29) is 0 Å². The summed E-state index contributed by atoms with van der Waals surface area (Å²) >= 11 is 1.85. The maximum atomic E-state index is 2.20. The van der Waals surface area contributed by atoms with Crippen molar-refractivity contribution in [3.05, 3.63) is 18.6 Å². The molecule has 1 radical (unpaired) electrons. The van der Waals surface area contributed by atoms with Crippen molar-refractivity contribution < 1.29 is 0 Å². The lowest BCUT2D eigenvalue weighted by Gasteiger charge is -1.83. The first-order valence-electron chi connectivity index (χ1n) is 2.83. The van der Waals surface area contributed by atoms with Gasteiger partial charge in [-0.3, -0.25) is 0 Å². The number of allylic oxidation sites excluding steroid dienone is 1. The maximum absolute atomic E-state index is 2.20. The average molecular weight is 129 g/mol. The number of thioether (sulfide) groups is 1. The molecule has 0 aromatic heterocycles. The molecule has 0 amide bonds. The molecule has 0 rings (SSSR count). The summed E-state index contributed by atoms with van der Waals surface area (Å²) in [4.78, 5) is 0. The molecule has 0 fully saturated rings. The third-order valence-corrected chi connectivity index (χ3v) is 1.33. The van der Waals surface area contributed by atoms with Crippen LogP contribution in [0, 0.1) is 6.42 Å². The molecule has 0 aromatic carbocycles. The fourth-order valence-electron chi connectivity index (χ4n) is 0.397. The van der Waals surface area contributed by atoms with Crippen LogP contribution in [0.25, 0.3) is 0 Å². The molecule has 1 heteroatoms. The molecule has 0 aromatic rings. The smallest absolute Gasteiger partial charge is 0.0110 e. The Morgan fingerprint density at radius 1 is 1.38 bits per heavy atom. The standard InChI is InChI=1S/C7H13S/c1-3-4-5-6-7-8-2/h3,5-6H,4,7H2,1-2H3. The van der Waals surface area contributed by atoms with Crippen molar-refractivity contribution >= 4 is 11.8 Å². The van der Waals surface area contributed by atoms with Crippen LogP contribution in [0.5, 0.6) is 0 Å². The van der Waals surface area contributed by atoms with Crippen molar-refractivity contribution in [2.75, 3.05) is 12.0 Å². The highest BCUT2D eigenvalue weighted by Crippen LogP contribution is 1.93. The van der Waals surface area contributed by atoms with Crippen LogP contribution in [-0.4, -0.2) is 12.0 Å². The zero-order valence-corrected chi connectivity index (χ0v) is 6.37. The van der Waals surface area contributed by atoms with Gasteiger partial charge in [-0.25, -0.2) is 0 Å². The highest BCUT2D eigenvalue weighted by Gasteiger charge is 1.72. The Hall–Kier alpha value is 0.0900. The van der Waals surface area contributed by atoms with Crippen LogP contribution < -0.4 is 0 Å². The molecule has 0 saturated heterocycles. The van der Waals surface area contributed by atoms with Gasteiger partial charge in [0.2, 0.25) is 0 Å². The Morgan fingerprint density at radius 3 is 2.62 bits per heavy atom. The quantitative estimate of drug-likeness (QED) is 0.526. The predicted octanol–water partition coefficient (Wildman–Crippen LogP) is 2.52. The van der Waals surface area contributed by atoms with Gasteiger partial charge in [-0.1, -0.05) is 19.1 Å². The van der Waals surface area contributed by atoms with Crippen molar-refractivity contribution in [3.8, 4) is 0 Å². The average Bonchev–Trinajstić information content (AvgIpc) is 1.81. The van der Waals surface area contributed by atoms with Gasteiger partial charge in [0.15, 0.2) is 0 Å². The Balaban J connectivity index is 2.83. The molecule has 0 heterocycles. The molecular formula is C7H13S. The van der Waals surface area contributed by atoms with Gasteiger partial charge in [-0.05, 0) is 19.1 Å². The van der Waals surface area contributed by atoms with E-state index in [2.05, 4.69) is 31.8 Å². The molecule has 0 aliphatic rings. The predicted molar refractivity (Wildman–Crippen MR) is 42.1 cm³/mol. The van der Waals surface area contributed by atoms with Crippen molar-refractivity contribution in [3.63, 3.8) is 0 Å². The van der Waals surface area contributed by atoms with Crippen LogP contribution in [0.4, 0.5) is 0 Å². The minimum absolute atomic E-state index is 1.11. The Morgan fingerprint density at radius 2 is 2.12 bits per heavy atom. The monoisotopic (exact) mass is 129 g/mol. The molecule has 0 unspecified atom stereocenters. The Bertz CT molecular complexity index is 49.4. The van der Waals surface area contributed by atoms with E-state index in [1.807, 2.05) is 11.8 Å². The van der Waals surface area contributed by atoms with E-state index in [0.717, 1.165) is 12.2 Å². The highest BCUT2D eigenvalue weighted by molar-refractivity contribution is 7.98. The van der Waals surface area contributed by atoms with Crippen molar-refractivity contribution in [1.82, 2.24) is 0 Å². The second kappa shape index (κ2) is 7.09. The fraction of sp³-hybridized carbons (Fsp3) is 0.571. The molecule has 0 aliphatic heterocycles. The van der Waals surface area contributed by atoms with E-state index in [0.29, 0.717) is 0 Å². The highest BCUT2D eigenvalue weighted by atomic mass is 32.2. The largest absolute Gasteiger partial charge is 0.161 e. The van der Waals surface area contributed by atoms with Crippen molar-refractivity contribution in [1.29, 1.82) is 0 Å². The Kier molecular flexibility index (Phi) is 7.17. The van der Waals surface area contributed by atoms with Gasteiger partial charge in [-0.2, -0.15) is 11.8 Å². The summed E-state index contributed by atoms with van der Waals surface area (Å²) in [5.74, 6) is 1.15. The first kappa shape index (κ1) is 8.09. The zero-order chi connectivity index (χ0) is 6.24. The van der Waals surface area contributed by atoms with Gasteiger partial charge in [0, 0.05) is 5.75 Å². The lowest BCUT2D eigenvalue weighted by atomic mass is 10.3. The summed E-state index contributed by atoms with van der Waals surface area (Å²) < 4.78 is 0. The van der Waals surface area contributed by atoms with Gasteiger partial charge in [-0.15, -0.1) is 0 Å². The summed E-state index contributed by atoms with van der Waals surface area (Å²) in [6.07, 6.45) is 9.76. The minimum atomic E-state index is 1.11. The third-order valence-electron chi connectivity index (χ3n) is 0.801. The van der Waals surface area contributed by atoms with Gasteiger partial charge < -0.3 is 0 Å². The van der Waals surface area contributed by atoms with E-state index in [9.17, 15) is 0 Å². The molecule has 47 valence electrons. The summed E-state index contributed by atoms with van der Waals surface area (Å²) in [7, 11) is 0. The van der Waals surface area contributed by atoms with Crippen LogP contribution in [0.15, 0.2) is 12.2 Å². The summed E-state index contributed by atoms with van der Waals surface area (Å²) in [5.41, 5.74) is 0. The van der Waals surface area contributed by atoms with Gasteiger partial charge in [0.05, 0.1) is 0 Å². The molecule has 0 spiro atoms. The summed E-state index contributed by atoms with van der Waals surface area (Å²) in [5, 5.41) is 0. The molecule has 8 heavy (non-hydrogen) atoms. The van der Waals surface area contributed by atoms with Gasteiger partial charge >= 0.3 is 0 Å². The minimum Gasteiger partial charge on any atom is -0.161 e. The maximum Gasteiger partial charge on any atom is 0.0110 e. The van der Waals surface area contributed by atoms with E-state index in [1.165, 1.54) is 0 Å². The number of hydrogen-bond donors (Lipinski definition) is 0. The van der Waals surface area contributed by atoms with Crippen LogP contribution in [-0.2, 0) is 0 Å². The fourth-order valence-corrected chi connectivity index (χ4v) is 0.725. The van der Waals surface area contributed by atoms with Crippen LogP contribution in [0.2, 0.25) is 0 Å². The number of rotatable bonds is 4. The third kappa shape index (κ3) is 6.09. The molecule has 0 atom stereocenters. The van der Waals surface area contributed by atoms with E-state index < -0.39 is 0 Å². The van der Waals surface area contributed by atoms with E-state index >= 15 is 0 Å². The molecule has 0 nitrogen and oxygen atoms in total. The SMILES string of the molecule is C[CH]CC=CCSC. The summed E-state index contributed by atoms with van der Waals surface area (Å²) in [6, 6.07) is 0. The topological polar surface area (TPSA) is 0 Å². The summed E-state index contributed by atoms with van der Waals surface area (Å²) in [6.45, 7) is 2.07. The van der Waals surface area contributed by atoms with Gasteiger partial charge in [0.1, 0.15) is 0 Å². The van der Waals surface area contributed by atoms with E-state index in [4.69, 9.17) is 0 Å². The lowest BCUT2D eigenvalue weighted by molar-refractivity contribution is 1.21. The first-order valence-corrected chi connectivity index (χ1v) is 4.23.